The van der Waals surface area contributed by atoms with Gasteiger partial charge in [-0.2, -0.15) is 0 Å². The van der Waals surface area contributed by atoms with Gasteiger partial charge in [0.25, 0.3) is 5.91 Å². The zero-order chi connectivity index (χ0) is 17.3. The second-order valence-electron chi connectivity index (χ2n) is 7.01. The molecule has 2 aromatic carbocycles. The lowest BCUT2D eigenvalue weighted by Crippen LogP contribution is -2.56. The van der Waals surface area contributed by atoms with Crippen molar-refractivity contribution < 1.29 is 9.53 Å². The van der Waals surface area contributed by atoms with Gasteiger partial charge in [0, 0.05) is 11.3 Å². The van der Waals surface area contributed by atoms with Crippen molar-refractivity contribution >= 4 is 11.6 Å². The molecule has 3 rings (SSSR count). The molecule has 0 aliphatic carbocycles. The number of carbonyl (C=O) groups is 1. The summed E-state index contributed by atoms with van der Waals surface area (Å²) < 4.78 is 6.03. The fraction of sp³-hybridized carbons (Fsp3) is 0.350. The van der Waals surface area contributed by atoms with E-state index in [9.17, 15) is 4.79 Å². The Bertz CT molecular complexity index is 741. The molecular weight excluding hydrogens is 300 g/mol. The van der Waals surface area contributed by atoms with E-state index >= 15 is 0 Å². The Morgan fingerprint density at radius 1 is 1.21 bits per heavy atom. The Balaban J connectivity index is 1.91. The highest BCUT2D eigenvalue weighted by atomic mass is 16.5. The summed E-state index contributed by atoms with van der Waals surface area (Å²) in [5.74, 6) is 0.00836. The maximum Gasteiger partial charge on any atom is 0.254 e. The van der Waals surface area contributed by atoms with Crippen molar-refractivity contribution in [2.75, 3.05) is 18.9 Å². The summed E-state index contributed by atoms with van der Waals surface area (Å²) in [5.41, 5.74) is 8.82. The van der Waals surface area contributed by atoms with E-state index < -0.39 is 0 Å². The number of nitrogens with zero attached hydrogens (tertiary/aromatic N) is 1. The molecule has 1 aliphatic heterocycles. The molecule has 2 aromatic rings. The molecule has 0 aromatic heterocycles. The number of morpholine rings is 1. The minimum absolute atomic E-state index is 0.00836. The first-order valence-electron chi connectivity index (χ1n) is 8.23. The molecule has 0 spiro atoms. The molecule has 1 fully saturated rings. The van der Waals surface area contributed by atoms with Crippen molar-refractivity contribution in [3.8, 4) is 0 Å². The van der Waals surface area contributed by atoms with Gasteiger partial charge in [-0.05, 0) is 44.0 Å². The molecule has 0 saturated carbocycles. The molecule has 2 N–H and O–H groups in total. The van der Waals surface area contributed by atoms with Crippen molar-refractivity contribution in [2.45, 2.75) is 32.4 Å². The lowest BCUT2D eigenvalue weighted by atomic mass is 9.96. The van der Waals surface area contributed by atoms with Crippen LogP contribution in [0.4, 0.5) is 5.69 Å². The highest BCUT2D eigenvalue weighted by Crippen LogP contribution is 2.32. The molecule has 1 unspecified atom stereocenters. The van der Waals surface area contributed by atoms with Crippen molar-refractivity contribution in [3.63, 3.8) is 0 Å². The first-order valence-corrected chi connectivity index (χ1v) is 8.23. The molecule has 1 saturated heterocycles. The summed E-state index contributed by atoms with van der Waals surface area (Å²) in [6.07, 6.45) is -0.107. The monoisotopic (exact) mass is 324 g/mol. The third-order valence-electron chi connectivity index (χ3n) is 4.63. The van der Waals surface area contributed by atoms with E-state index in [1.165, 1.54) is 0 Å². The molecule has 4 heteroatoms. The Kier molecular flexibility index (Phi) is 4.33. The van der Waals surface area contributed by atoms with Gasteiger partial charge >= 0.3 is 0 Å². The molecule has 24 heavy (non-hydrogen) atoms. The molecule has 1 atom stereocenters. The fourth-order valence-corrected chi connectivity index (χ4v) is 3.09. The predicted octanol–water partition coefficient (Wildman–Crippen LogP) is 3.57. The van der Waals surface area contributed by atoms with Crippen LogP contribution in [0, 0.1) is 6.92 Å². The van der Waals surface area contributed by atoms with E-state index in [4.69, 9.17) is 10.5 Å². The van der Waals surface area contributed by atoms with Crippen LogP contribution in [-0.2, 0) is 4.74 Å². The molecule has 126 valence electrons. The summed E-state index contributed by atoms with van der Waals surface area (Å²) in [5, 5.41) is 0. The average Bonchev–Trinajstić information content (AvgIpc) is 2.57. The van der Waals surface area contributed by atoms with E-state index in [1.54, 1.807) is 6.07 Å². The largest absolute Gasteiger partial charge is 0.399 e. The highest BCUT2D eigenvalue weighted by Gasteiger charge is 2.39. The lowest BCUT2D eigenvalue weighted by molar-refractivity contribution is -0.0846. The molecular formula is C20H24N2O2. The van der Waals surface area contributed by atoms with Crippen LogP contribution >= 0.6 is 0 Å². The second-order valence-corrected chi connectivity index (χ2v) is 7.01. The third-order valence-corrected chi connectivity index (χ3v) is 4.63. The summed E-state index contributed by atoms with van der Waals surface area (Å²) in [7, 11) is 0. The Labute approximate surface area is 143 Å². The molecule has 0 radical (unpaired) electrons. The minimum Gasteiger partial charge on any atom is -0.399 e. The van der Waals surface area contributed by atoms with E-state index in [1.807, 2.05) is 68.1 Å². The topological polar surface area (TPSA) is 55.6 Å². The second kappa shape index (κ2) is 6.29. The van der Waals surface area contributed by atoms with Crippen LogP contribution < -0.4 is 5.73 Å². The van der Waals surface area contributed by atoms with Crippen molar-refractivity contribution in [1.29, 1.82) is 0 Å². The van der Waals surface area contributed by atoms with Crippen LogP contribution in [0.25, 0.3) is 0 Å². The van der Waals surface area contributed by atoms with Gasteiger partial charge in [-0.25, -0.2) is 0 Å². The number of rotatable bonds is 2. The van der Waals surface area contributed by atoms with Gasteiger partial charge in [-0.15, -0.1) is 0 Å². The maximum absolute atomic E-state index is 13.2. The summed E-state index contributed by atoms with van der Waals surface area (Å²) >= 11 is 0. The average molecular weight is 324 g/mol. The number of benzene rings is 2. The number of hydrogen-bond donors (Lipinski definition) is 1. The fourth-order valence-electron chi connectivity index (χ4n) is 3.09. The van der Waals surface area contributed by atoms with Crippen LogP contribution in [0.5, 0.6) is 0 Å². The van der Waals surface area contributed by atoms with Gasteiger partial charge in [0.1, 0.15) is 6.10 Å². The van der Waals surface area contributed by atoms with Crippen LogP contribution in [0.1, 0.15) is 41.4 Å². The number of anilines is 1. The summed E-state index contributed by atoms with van der Waals surface area (Å²) in [6.45, 7) is 7.04. The van der Waals surface area contributed by atoms with E-state index in [0.717, 1.165) is 11.1 Å². The smallest absolute Gasteiger partial charge is 0.254 e. The molecule has 1 amide bonds. The molecule has 4 nitrogen and oxygen atoms in total. The number of ether oxygens (including phenoxy) is 1. The van der Waals surface area contributed by atoms with Crippen LogP contribution in [0.2, 0.25) is 0 Å². The zero-order valence-corrected chi connectivity index (χ0v) is 14.5. The zero-order valence-electron chi connectivity index (χ0n) is 14.5. The van der Waals surface area contributed by atoms with Gasteiger partial charge in [0.15, 0.2) is 0 Å². The van der Waals surface area contributed by atoms with Gasteiger partial charge in [-0.3, -0.25) is 4.79 Å². The van der Waals surface area contributed by atoms with Crippen molar-refractivity contribution in [2.24, 2.45) is 0 Å². The summed E-state index contributed by atoms with van der Waals surface area (Å²) in [6, 6.07) is 15.5. The molecule has 0 bridgehead atoms. The van der Waals surface area contributed by atoms with Gasteiger partial charge < -0.3 is 15.4 Å². The van der Waals surface area contributed by atoms with Crippen molar-refractivity contribution in [1.82, 2.24) is 4.90 Å². The molecule has 1 heterocycles. The highest BCUT2D eigenvalue weighted by molar-refractivity contribution is 5.97. The van der Waals surface area contributed by atoms with Crippen molar-refractivity contribution in [3.05, 3.63) is 65.2 Å². The normalized spacial score (nSPS) is 20.0. The quantitative estimate of drug-likeness (QED) is 0.859. The van der Waals surface area contributed by atoms with Gasteiger partial charge in [0.05, 0.1) is 18.7 Å². The number of nitrogen functional groups attached to an aromatic ring is 1. The van der Waals surface area contributed by atoms with E-state index in [2.05, 4.69) is 0 Å². The third kappa shape index (κ3) is 3.15. The summed E-state index contributed by atoms with van der Waals surface area (Å²) in [4.78, 5) is 15.1. The van der Waals surface area contributed by atoms with Crippen LogP contribution in [0.15, 0.2) is 48.5 Å². The lowest BCUT2D eigenvalue weighted by Gasteiger charge is -2.45. The van der Waals surface area contributed by atoms with Crippen LogP contribution in [-0.4, -0.2) is 29.5 Å². The molecule has 1 aliphatic rings. The Morgan fingerprint density at radius 2 is 1.92 bits per heavy atom. The van der Waals surface area contributed by atoms with E-state index in [0.29, 0.717) is 24.4 Å². The number of carbonyl (C=O) groups excluding carboxylic acids is 1. The number of aryl methyl sites for hydroxylation is 1. The first kappa shape index (κ1) is 16.5. The number of nitrogens with two attached hydrogens (primary N) is 1. The van der Waals surface area contributed by atoms with Crippen LogP contribution in [0.3, 0.4) is 0 Å². The maximum atomic E-state index is 13.2. The minimum atomic E-state index is -0.362. The van der Waals surface area contributed by atoms with Gasteiger partial charge in [0.2, 0.25) is 0 Å². The number of hydrogen-bond acceptors (Lipinski definition) is 3. The Morgan fingerprint density at radius 3 is 2.62 bits per heavy atom. The first-order chi connectivity index (χ1) is 11.4. The predicted molar refractivity (Wildman–Crippen MR) is 95.8 cm³/mol. The standard InChI is InChI=1S/C20H24N2O2/c1-14-9-10-16(21)11-17(14)19(23)22-12-18(24-13-20(22,2)3)15-7-5-4-6-8-15/h4-11,18H,12-13,21H2,1-3H3. The number of amides is 1. The van der Waals surface area contributed by atoms with E-state index in [-0.39, 0.29) is 17.6 Å². The Hall–Kier alpha value is -2.33. The van der Waals surface area contributed by atoms with Gasteiger partial charge in [-0.1, -0.05) is 36.4 Å². The SMILES string of the molecule is Cc1ccc(N)cc1C(=O)N1CC(c2ccccc2)OCC1(C)C.